The Balaban J connectivity index is 1.77. The number of anilines is 1. The van der Waals surface area contributed by atoms with Gasteiger partial charge in [0.2, 0.25) is 5.91 Å². The first-order valence-corrected chi connectivity index (χ1v) is 8.43. The van der Waals surface area contributed by atoms with Crippen molar-refractivity contribution in [2.45, 2.75) is 6.42 Å². The molecule has 0 radical (unpaired) electrons. The maximum Gasteiger partial charge on any atom is 0.253 e. The molecule has 0 aromatic heterocycles. The lowest BCUT2D eigenvalue weighted by Crippen LogP contribution is -2.27. The first-order chi connectivity index (χ1) is 12.7. The lowest BCUT2D eigenvalue weighted by atomic mass is 10.0. The first kappa shape index (κ1) is 17.6. The lowest BCUT2D eigenvalue weighted by molar-refractivity contribution is -0.115. The van der Waals surface area contributed by atoms with Crippen LogP contribution in [0.15, 0.2) is 66.7 Å². The standard InChI is InChI=1S/C21H20N2O3/c24-13-12-22-21(26)18-10-3-4-11-19(18)23-20(25)14-16-8-5-7-15-6-1-2-9-17(15)16/h1-11,24H,12-14H2,(H,22,26)(H,23,25). The molecule has 0 aliphatic carbocycles. The highest BCUT2D eigenvalue weighted by atomic mass is 16.3. The molecule has 5 nitrogen and oxygen atoms in total. The van der Waals surface area contributed by atoms with Gasteiger partial charge in [0.25, 0.3) is 5.91 Å². The van der Waals surface area contributed by atoms with E-state index in [1.807, 2.05) is 42.5 Å². The number of aliphatic hydroxyl groups is 1. The fraction of sp³-hybridized carbons (Fsp3) is 0.143. The van der Waals surface area contributed by atoms with E-state index in [9.17, 15) is 9.59 Å². The Morgan fingerprint density at radius 2 is 1.62 bits per heavy atom. The van der Waals surface area contributed by atoms with Crippen LogP contribution >= 0.6 is 0 Å². The van der Waals surface area contributed by atoms with Crippen LogP contribution in [-0.4, -0.2) is 30.1 Å². The van der Waals surface area contributed by atoms with Crippen LogP contribution in [0.5, 0.6) is 0 Å². The monoisotopic (exact) mass is 348 g/mol. The number of nitrogens with one attached hydrogen (secondary N) is 2. The van der Waals surface area contributed by atoms with E-state index in [-0.39, 0.29) is 31.4 Å². The molecule has 26 heavy (non-hydrogen) atoms. The molecule has 3 N–H and O–H groups in total. The second-order valence-electron chi connectivity index (χ2n) is 5.89. The molecule has 0 bridgehead atoms. The summed E-state index contributed by atoms with van der Waals surface area (Å²) in [6.07, 6.45) is 0.216. The number of hydrogen-bond donors (Lipinski definition) is 3. The fourth-order valence-electron chi connectivity index (χ4n) is 2.87. The third kappa shape index (κ3) is 4.07. The number of hydrogen-bond acceptors (Lipinski definition) is 3. The van der Waals surface area contributed by atoms with Crippen LogP contribution in [-0.2, 0) is 11.2 Å². The van der Waals surface area contributed by atoms with Crippen LogP contribution in [0.4, 0.5) is 5.69 Å². The largest absolute Gasteiger partial charge is 0.395 e. The Bertz CT molecular complexity index is 932. The minimum absolute atomic E-state index is 0.138. The van der Waals surface area contributed by atoms with Gasteiger partial charge in [0.1, 0.15) is 0 Å². The van der Waals surface area contributed by atoms with E-state index in [0.717, 1.165) is 16.3 Å². The van der Waals surface area contributed by atoms with Crippen molar-refractivity contribution in [3.8, 4) is 0 Å². The van der Waals surface area contributed by atoms with E-state index in [1.54, 1.807) is 24.3 Å². The molecule has 2 amide bonds. The Labute approximate surface area is 151 Å². The second kappa shape index (κ2) is 8.27. The van der Waals surface area contributed by atoms with Crippen LogP contribution < -0.4 is 10.6 Å². The van der Waals surface area contributed by atoms with E-state index >= 15 is 0 Å². The average Bonchev–Trinajstić information content (AvgIpc) is 2.67. The summed E-state index contributed by atoms with van der Waals surface area (Å²) in [7, 11) is 0. The zero-order valence-electron chi connectivity index (χ0n) is 14.2. The predicted octanol–water partition coefficient (Wildman–Crippen LogP) is 2.74. The number of carbonyl (C=O) groups is 2. The number of para-hydroxylation sites is 1. The van der Waals surface area contributed by atoms with E-state index in [2.05, 4.69) is 10.6 Å². The van der Waals surface area contributed by atoms with Crippen LogP contribution in [0.3, 0.4) is 0 Å². The summed E-state index contributed by atoms with van der Waals surface area (Å²) in [5.41, 5.74) is 1.75. The summed E-state index contributed by atoms with van der Waals surface area (Å²) in [4.78, 5) is 24.7. The molecule has 132 valence electrons. The third-order valence-electron chi connectivity index (χ3n) is 4.07. The summed E-state index contributed by atoms with van der Waals surface area (Å²) >= 11 is 0. The average molecular weight is 348 g/mol. The SMILES string of the molecule is O=C(Cc1cccc2ccccc12)Nc1ccccc1C(=O)NCCO. The molecule has 0 spiro atoms. The van der Waals surface area contributed by atoms with Gasteiger partial charge in [-0.25, -0.2) is 0 Å². The summed E-state index contributed by atoms with van der Waals surface area (Å²) < 4.78 is 0. The molecule has 3 aromatic carbocycles. The van der Waals surface area contributed by atoms with Gasteiger partial charge < -0.3 is 15.7 Å². The van der Waals surface area contributed by atoms with Crippen molar-refractivity contribution >= 4 is 28.3 Å². The zero-order chi connectivity index (χ0) is 18.4. The molecule has 0 atom stereocenters. The van der Waals surface area contributed by atoms with Crippen LogP contribution in [0, 0.1) is 0 Å². The molecule has 0 unspecified atom stereocenters. The minimum atomic E-state index is -0.333. The highest BCUT2D eigenvalue weighted by Gasteiger charge is 2.13. The van der Waals surface area contributed by atoms with Gasteiger partial charge >= 0.3 is 0 Å². The number of amides is 2. The van der Waals surface area contributed by atoms with Crippen molar-refractivity contribution in [2.24, 2.45) is 0 Å². The van der Waals surface area contributed by atoms with E-state index < -0.39 is 0 Å². The molecule has 0 aliphatic rings. The van der Waals surface area contributed by atoms with Crippen LogP contribution in [0.1, 0.15) is 15.9 Å². The highest BCUT2D eigenvalue weighted by Crippen LogP contribution is 2.20. The lowest BCUT2D eigenvalue weighted by Gasteiger charge is -2.12. The summed E-state index contributed by atoms with van der Waals surface area (Å²) in [5.74, 6) is -0.524. The summed E-state index contributed by atoms with van der Waals surface area (Å²) in [6.45, 7) is 0.0263. The van der Waals surface area contributed by atoms with Crippen LogP contribution in [0.2, 0.25) is 0 Å². The van der Waals surface area contributed by atoms with E-state index in [1.165, 1.54) is 0 Å². The van der Waals surface area contributed by atoms with Crippen molar-refractivity contribution in [3.63, 3.8) is 0 Å². The fourth-order valence-corrected chi connectivity index (χ4v) is 2.87. The van der Waals surface area contributed by atoms with Gasteiger partial charge in [0.05, 0.1) is 24.3 Å². The van der Waals surface area contributed by atoms with Crippen molar-refractivity contribution in [3.05, 3.63) is 77.9 Å². The molecule has 0 heterocycles. The predicted molar refractivity (Wildman–Crippen MR) is 102 cm³/mol. The van der Waals surface area contributed by atoms with Gasteiger partial charge in [-0.3, -0.25) is 9.59 Å². The number of aliphatic hydroxyl groups excluding tert-OH is 1. The number of carbonyl (C=O) groups excluding carboxylic acids is 2. The quantitative estimate of drug-likeness (QED) is 0.641. The van der Waals surface area contributed by atoms with Crippen molar-refractivity contribution in [1.82, 2.24) is 5.32 Å². The summed E-state index contributed by atoms with van der Waals surface area (Å²) in [5, 5.41) is 16.4. The van der Waals surface area contributed by atoms with Crippen molar-refractivity contribution in [2.75, 3.05) is 18.5 Å². The molecule has 0 aliphatic heterocycles. The Hall–Kier alpha value is -3.18. The topological polar surface area (TPSA) is 78.4 Å². The Morgan fingerprint density at radius 1 is 0.885 bits per heavy atom. The maximum atomic E-state index is 12.5. The maximum absolute atomic E-state index is 12.5. The van der Waals surface area contributed by atoms with Gasteiger partial charge in [-0.2, -0.15) is 0 Å². The molecular formula is C21H20N2O3. The third-order valence-corrected chi connectivity index (χ3v) is 4.07. The molecule has 3 rings (SSSR count). The van der Waals surface area contributed by atoms with Gasteiger partial charge in [-0.05, 0) is 28.5 Å². The highest BCUT2D eigenvalue weighted by molar-refractivity contribution is 6.04. The van der Waals surface area contributed by atoms with E-state index in [0.29, 0.717) is 11.3 Å². The Morgan fingerprint density at radius 3 is 2.46 bits per heavy atom. The van der Waals surface area contributed by atoms with Gasteiger partial charge in [-0.15, -0.1) is 0 Å². The number of rotatable bonds is 6. The van der Waals surface area contributed by atoms with Crippen LogP contribution in [0.25, 0.3) is 10.8 Å². The van der Waals surface area contributed by atoms with Crippen molar-refractivity contribution < 1.29 is 14.7 Å². The molecule has 0 fully saturated rings. The number of fused-ring (bicyclic) bond motifs is 1. The summed E-state index contributed by atoms with van der Waals surface area (Å²) in [6, 6.07) is 20.6. The van der Waals surface area contributed by atoms with Crippen molar-refractivity contribution in [1.29, 1.82) is 0 Å². The molecule has 0 saturated carbocycles. The molecule has 5 heteroatoms. The van der Waals surface area contributed by atoms with Gasteiger partial charge in [0, 0.05) is 6.54 Å². The molecular weight excluding hydrogens is 328 g/mol. The molecule has 3 aromatic rings. The second-order valence-corrected chi connectivity index (χ2v) is 5.89. The van der Waals surface area contributed by atoms with E-state index in [4.69, 9.17) is 5.11 Å². The van der Waals surface area contributed by atoms with Gasteiger partial charge in [0.15, 0.2) is 0 Å². The zero-order valence-corrected chi connectivity index (χ0v) is 14.2. The number of benzene rings is 3. The molecule has 0 saturated heterocycles. The normalized spacial score (nSPS) is 10.5. The minimum Gasteiger partial charge on any atom is -0.395 e. The smallest absolute Gasteiger partial charge is 0.253 e. The van der Waals surface area contributed by atoms with Gasteiger partial charge in [-0.1, -0.05) is 54.6 Å². The first-order valence-electron chi connectivity index (χ1n) is 8.43. The Kier molecular flexibility index (Phi) is 5.61.